The second-order valence-electron chi connectivity index (χ2n) is 7.27. The van der Waals surface area contributed by atoms with E-state index in [1.807, 2.05) is 0 Å². The number of ether oxygens (including phenoxy) is 1. The van der Waals surface area contributed by atoms with Gasteiger partial charge in [0.15, 0.2) is 11.5 Å². The Labute approximate surface area is 168 Å². The Kier molecular flexibility index (Phi) is 6.93. The van der Waals surface area contributed by atoms with Crippen molar-refractivity contribution in [3.8, 4) is 0 Å². The lowest BCUT2D eigenvalue weighted by molar-refractivity contribution is -0.142. The molecule has 0 saturated heterocycles. The Hall–Kier alpha value is -2.56. The van der Waals surface area contributed by atoms with E-state index in [1.54, 1.807) is 31.7 Å². The van der Waals surface area contributed by atoms with Crippen LogP contribution < -0.4 is 10.8 Å². The van der Waals surface area contributed by atoms with Crippen LogP contribution in [0.4, 0.5) is 5.82 Å². The molecule has 12 nitrogen and oxygen atoms in total. The van der Waals surface area contributed by atoms with Crippen LogP contribution in [-0.4, -0.2) is 54.3 Å². The molecule has 0 bridgehead atoms. The van der Waals surface area contributed by atoms with Crippen LogP contribution >= 0.6 is 7.52 Å². The number of fused-ring (bicyclic) bond motifs is 1. The zero-order valence-electron chi connectivity index (χ0n) is 17.0. The van der Waals surface area contributed by atoms with Crippen LogP contribution in [0.3, 0.4) is 0 Å². The van der Waals surface area contributed by atoms with E-state index in [2.05, 4.69) is 25.2 Å². The van der Waals surface area contributed by atoms with Gasteiger partial charge in [0.05, 0.1) is 24.7 Å². The van der Waals surface area contributed by atoms with Crippen LogP contribution in [0.15, 0.2) is 17.8 Å². The van der Waals surface area contributed by atoms with Gasteiger partial charge in [-0.2, -0.15) is 0 Å². The summed E-state index contributed by atoms with van der Waals surface area (Å²) in [6.07, 6.45) is 2.09. The van der Waals surface area contributed by atoms with Gasteiger partial charge in [-0.15, -0.1) is 0 Å². The third-order valence-electron chi connectivity index (χ3n) is 3.75. The molecule has 160 valence electrons. The number of aliphatic carboxylic acids is 1. The highest BCUT2D eigenvalue weighted by Crippen LogP contribution is 2.45. The van der Waals surface area contributed by atoms with E-state index in [1.165, 1.54) is 20.2 Å². The van der Waals surface area contributed by atoms with Crippen molar-refractivity contribution in [2.45, 2.75) is 52.8 Å². The van der Waals surface area contributed by atoms with Crippen molar-refractivity contribution in [2.24, 2.45) is 5.16 Å². The molecule has 0 aliphatic carbocycles. The SMILES string of the molecule is CC(C)=NOP(=O)(CO[C@H](C)Cn1cnc2c(N)ncnc21)NC(C)(C)C(=O)O. The molecule has 0 aliphatic heterocycles. The number of imidazole rings is 1. The molecule has 4 N–H and O–H groups in total. The summed E-state index contributed by atoms with van der Waals surface area (Å²) in [5.74, 6) is -0.915. The number of oxime groups is 1. The minimum atomic E-state index is -3.76. The number of carboxylic acids is 1. The number of anilines is 1. The topological polar surface area (TPSA) is 167 Å². The number of nitrogen functional groups attached to an aromatic ring is 1. The van der Waals surface area contributed by atoms with Gasteiger partial charge in [0.25, 0.3) is 0 Å². The Balaban J connectivity index is 2.10. The fourth-order valence-corrected chi connectivity index (χ4v) is 4.13. The molecule has 0 spiro atoms. The molecule has 2 aromatic rings. The van der Waals surface area contributed by atoms with Crippen molar-refractivity contribution in [3.63, 3.8) is 0 Å². The number of nitrogens with one attached hydrogen (secondary N) is 1. The molecule has 1 unspecified atom stereocenters. The van der Waals surface area contributed by atoms with Gasteiger partial charge in [-0.1, -0.05) is 5.16 Å². The van der Waals surface area contributed by atoms with E-state index < -0.39 is 25.1 Å². The molecule has 0 saturated carbocycles. The summed E-state index contributed by atoms with van der Waals surface area (Å²) in [7, 11) is -3.76. The van der Waals surface area contributed by atoms with E-state index in [9.17, 15) is 14.5 Å². The number of aromatic nitrogens is 4. The predicted molar refractivity (Wildman–Crippen MR) is 107 cm³/mol. The fourth-order valence-electron chi connectivity index (χ4n) is 2.28. The molecule has 2 aromatic heterocycles. The number of rotatable bonds is 10. The number of nitrogens with zero attached hydrogens (tertiary/aromatic N) is 5. The van der Waals surface area contributed by atoms with Gasteiger partial charge >= 0.3 is 13.5 Å². The molecule has 2 atom stereocenters. The third kappa shape index (κ3) is 5.96. The van der Waals surface area contributed by atoms with Crippen molar-refractivity contribution in [2.75, 3.05) is 12.1 Å². The summed E-state index contributed by atoms with van der Waals surface area (Å²) in [4.78, 5) is 23.6. The van der Waals surface area contributed by atoms with Crippen LogP contribution in [0.25, 0.3) is 11.2 Å². The van der Waals surface area contributed by atoms with E-state index in [-0.39, 0.29) is 12.2 Å². The van der Waals surface area contributed by atoms with Crippen molar-refractivity contribution in [3.05, 3.63) is 12.7 Å². The van der Waals surface area contributed by atoms with Crippen LogP contribution in [0.5, 0.6) is 0 Å². The minimum Gasteiger partial charge on any atom is -0.480 e. The summed E-state index contributed by atoms with van der Waals surface area (Å²) < 4.78 is 25.7. The molecule has 0 aromatic carbocycles. The highest BCUT2D eigenvalue weighted by molar-refractivity contribution is 7.56. The summed E-state index contributed by atoms with van der Waals surface area (Å²) >= 11 is 0. The van der Waals surface area contributed by atoms with Gasteiger partial charge in [-0.05, 0) is 34.6 Å². The van der Waals surface area contributed by atoms with Gasteiger partial charge in [0, 0.05) is 0 Å². The Morgan fingerprint density at radius 2 is 2.10 bits per heavy atom. The van der Waals surface area contributed by atoms with Gasteiger partial charge in [-0.25, -0.2) is 20.0 Å². The average molecular weight is 427 g/mol. The first-order valence-corrected chi connectivity index (χ1v) is 10.6. The van der Waals surface area contributed by atoms with Gasteiger partial charge < -0.3 is 24.8 Å². The van der Waals surface area contributed by atoms with E-state index in [4.69, 9.17) is 15.1 Å². The predicted octanol–water partition coefficient (Wildman–Crippen LogP) is 1.83. The molecule has 13 heteroatoms. The Morgan fingerprint density at radius 3 is 2.72 bits per heavy atom. The minimum absolute atomic E-state index is 0.271. The molecule has 0 amide bonds. The summed E-state index contributed by atoms with van der Waals surface area (Å²) in [5, 5.41) is 15.5. The maximum atomic E-state index is 13.1. The zero-order valence-corrected chi connectivity index (χ0v) is 17.9. The van der Waals surface area contributed by atoms with Crippen molar-refractivity contribution in [1.82, 2.24) is 24.6 Å². The number of hydrogen-bond acceptors (Lipinski definition) is 9. The molecule has 2 rings (SSSR count). The maximum Gasteiger partial charge on any atom is 0.365 e. The Morgan fingerprint density at radius 1 is 1.41 bits per heavy atom. The highest BCUT2D eigenvalue weighted by Gasteiger charge is 2.38. The molecule has 0 radical (unpaired) electrons. The number of carbonyl (C=O) groups is 1. The lowest BCUT2D eigenvalue weighted by atomic mass is 10.1. The maximum absolute atomic E-state index is 13.1. The lowest BCUT2D eigenvalue weighted by Crippen LogP contribution is -2.45. The smallest absolute Gasteiger partial charge is 0.365 e. The van der Waals surface area contributed by atoms with Crippen molar-refractivity contribution >= 4 is 36.2 Å². The number of hydrogen-bond donors (Lipinski definition) is 3. The normalized spacial score (nSPS) is 14.9. The van der Waals surface area contributed by atoms with Crippen LogP contribution in [-0.2, 0) is 25.3 Å². The molecular weight excluding hydrogens is 401 g/mol. The highest BCUT2D eigenvalue weighted by atomic mass is 31.2. The first-order chi connectivity index (χ1) is 13.4. The summed E-state index contributed by atoms with van der Waals surface area (Å²) in [5.41, 5.74) is 5.82. The van der Waals surface area contributed by atoms with Crippen LogP contribution in [0.2, 0.25) is 0 Å². The van der Waals surface area contributed by atoms with Gasteiger partial charge in [-0.3, -0.25) is 9.36 Å². The van der Waals surface area contributed by atoms with Crippen molar-refractivity contribution in [1.29, 1.82) is 0 Å². The third-order valence-corrected chi connectivity index (χ3v) is 5.49. The Bertz CT molecular complexity index is 954. The monoisotopic (exact) mass is 427 g/mol. The molecular formula is C16H26N7O5P. The quantitative estimate of drug-likeness (QED) is 0.289. The first kappa shape index (κ1) is 22.7. The fraction of sp³-hybridized carbons (Fsp3) is 0.562. The van der Waals surface area contributed by atoms with Gasteiger partial charge in [0.1, 0.15) is 23.7 Å². The lowest BCUT2D eigenvalue weighted by Gasteiger charge is -2.27. The number of carboxylic acid groups (broad SMARTS) is 1. The van der Waals surface area contributed by atoms with Crippen molar-refractivity contribution < 1.29 is 23.8 Å². The zero-order chi connectivity index (χ0) is 21.8. The number of nitrogens with two attached hydrogens (primary N) is 1. The van der Waals surface area contributed by atoms with E-state index in [0.717, 1.165) is 0 Å². The van der Waals surface area contributed by atoms with Crippen LogP contribution in [0.1, 0.15) is 34.6 Å². The molecule has 2 heterocycles. The van der Waals surface area contributed by atoms with Crippen LogP contribution in [0, 0.1) is 0 Å². The first-order valence-electron chi connectivity index (χ1n) is 8.78. The molecule has 29 heavy (non-hydrogen) atoms. The molecule has 0 aliphatic rings. The van der Waals surface area contributed by atoms with Gasteiger partial charge in [0.2, 0.25) is 0 Å². The average Bonchev–Trinajstić information content (AvgIpc) is 3.02. The van der Waals surface area contributed by atoms with E-state index >= 15 is 0 Å². The van der Waals surface area contributed by atoms with E-state index in [0.29, 0.717) is 23.4 Å². The summed E-state index contributed by atoms with van der Waals surface area (Å²) in [6, 6.07) is 0. The summed E-state index contributed by atoms with van der Waals surface area (Å²) in [6.45, 7) is 8.17. The standard InChI is InChI=1S/C16H26N7O5P/c1-10(2)21-28-29(26,22-16(4,5)15(24)25)9-27-11(3)6-23-8-20-12-13(17)18-7-19-14(12)23/h7-8,11H,6,9H2,1-5H3,(H,22,26)(H,24,25)(H2,17,18,19)/t11-,29?/m1/s1. The molecule has 0 fully saturated rings. The largest absolute Gasteiger partial charge is 0.480 e. The second-order valence-corrected chi connectivity index (χ2v) is 9.26. The second kappa shape index (κ2) is 8.85.